The van der Waals surface area contributed by atoms with Crippen LogP contribution in [-0.4, -0.2) is 30.3 Å². The highest BCUT2D eigenvalue weighted by Gasteiger charge is 2.18. The smallest absolute Gasteiger partial charge is 0.274 e. The van der Waals surface area contributed by atoms with Gasteiger partial charge in [-0.05, 0) is 48.0 Å². The van der Waals surface area contributed by atoms with Crippen molar-refractivity contribution in [2.45, 2.75) is 16.3 Å². The van der Waals surface area contributed by atoms with Crippen LogP contribution in [0, 0.1) is 0 Å². The molecule has 7 nitrogen and oxygen atoms in total. The first kappa shape index (κ1) is 20.1. The van der Waals surface area contributed by atoms with Crippen molar-refractivity contribution in [1.82, 2.24) is 14.8 Å². The minimum atomic E-state index is -3.74. The monoisotopic (exact) mass is 441 g/mol. The Balaban J connectivity index is 1.70. The highest BCUT2D eigenvalue weighted by atomic mass is 35.5. The normalized spacial score (nSPS) is 11.5. The lowest BCUT2D eigenvalue weighted by Crippen LogP contribution is -2.23. The van der Waals surface area contributed by atoms with Crippen LogP contribution in [0.25, 0.3) is 10.8 Å². The van der Waals surface area contributed by atoms with E-state index < -0.39 is 9.84 Å². The largest absolute Gasteiger partial charge is 0.481 e. The fraction of sp³-hybridized carbons (Fsp3) is 0.0952. The molecule has 0 aliphatic heterocycles. The molecular formula is C21H16ClN3O4S. The minimum Gasteiger partial charge on any atom is -0.481 e. The van der Waals surface area contributed by atoms with Gasteiger partial charge in [0, 0.05) is 22.7 Å². The minimum absolute atomic E-state index is 0.0793. The van der Waals surface area contributed by atoms with Crippen LogP contribution in [0.4, 0.5) is 0 Å². The zero-order valence-corrected chi connectivity index (χ0v) is 17.4. The van der Waals surface area contributed by atoms with Gasteiger partial charge < -0.3 is 4.74 Å². The van der Waals surface area contributed by atoms with Gasteiger partial charge in [0.2, 0.25) is 15.7 Å². The molecule has 0 aliphatic rings. The maximum absolute atomic E-state index is 12.9. The lowest BCUT2D eigenvalue weighted by atomic mass is 10.2. The zero-order chi connectivity index (χ0) is 21.3. The van der Waals surface area contributed by atoms with Gasteiger partial charge in [0.1, 0.15) is 0 Å². The number of methoxy groups -OCH3 is 1. The lowest BCUT2D eigenvalue weighted by molar-refractivity contribution is 0.397. The van der Waals surface area contributed by atoms with E-state index in [1.807, 2.05) is 0 Å². The molecule has 0 atom stereocenters. The Morgan fingerprint density at radius 3 is 2.40 bits per heavy atom. The van der Waals surface area contributed by atoms with Gasteiger partial charge in [-0.25, -0.2) is 18.1 Å². The van der Waals surface area contributed by atoms with E-state index in [9.17, 15) is 13.2 Å². The Labute approximate surface area is 177 Å². The number of halogens is 1. The maximum atomic E-state index is 12.9. The third-order valence-electron chi connectivity index (χ3n) is 4.60. The molecule has 0 unspecified atom stereocenters. The van der Waals surface area contributed by atoms with Gasteiger partial charge in [-0.1, -0.05) is 17.7 Å². The molecule has 4 aromatic rings. The Morgan fingerprint density at radius 2 is 1.73 bits per heavy atom. The van der Waals surface area contributed by atoms with Gasteiger partial charge in [-0.3, -0.25) is 4.79 Å². The Kier molecular flexibility index (Phi) is 5.27. The number of ether oxygens (including phenoxy) is 1. The fourth-order valence-corrected chi connectivity index (χ4v) is 4.42. The van der Waals surface area contributed by atoms with Crippen molar-refractivity contribution in [3.8, 4) is 5.88 Å². The van der Waals surface area contributed by atoms with Crippen LogP contribution in [0.2, 0.25) is 5.02 Å². The van der Waals surface area contributed by atoms with Crippen molar-refractivity contribution < 1.29 is 13.2 Å². The summed E-state index contributed by atoms with van der Waals surface area (Å²) in [4.78, 5) is 17.1. The summed E-state index contributed by atoms with van der Waals surface area (Å²) >= 11 is 5.84. The molecule has 0 N–H and O–H groups in total. The summed E-state index contributed by atoms with van der Waals surface area (Å²) in [6.45, 7) is 0.233. The first-order valence-electron chi connectivity index (χ1n) is 8.88. The highest BCUT2D eigenvalue weighted by molar-refractivity contribution is 7.91. The number of benzene rings is 2. The Bertz CT molecular complexity index is 1380. The molecule has 0 amide bonds. The number of sulfone groups is 1. The molecule has 4 rings (SSSR count). The third kappa shape index (κ3) is 3.79. The van der Waals surface area contributed by atoms with Crippen molar-refractivity contribution in [1.29, 1.82) is 0 Å². The summed E-state index contributed by atoms with van der Waals surface area (Å²) < 4.78 is 32.1. The van der Waals surface area contributed by atoms with E-state index in [1.54, 1.807) is 18.3 Å². The predicted octanol–water partition coefficient (Wildman–Crippen LogP) is 3.33. The van der Waals surface area contributed by atoms with Gasteiger partial charge in [-0.2, -0.15) is 5.10 Å². The summed E-state index contributed by atoms with van der Waals surface area (Å²) in [5, 5.41) is 5.45. The number of aromatic nitrogens is 3. The van der Waals surface area contributed by atoms with Crippen molar-refractivity contribution in [2.24, 2.45) is 0 Å². The molecule has 0 saturated carbocycles. The van der Waals surface area contributed by atoms with E-state index in [-0.39, 0.29) is 21.9 Å². The quantitative estimate of drug-likeness (QED) is 0.471. The maximum Gasteiger partial charge on any atom is 0.274 e. The number of pyridine rings is 1. The average Bonchev–Trinajstić information content (AvgIpc) is 2.76. The molecule has 2 aromatic heterocycles. The molecule has 0 saturated heterocycles. The highest BCUT2D eigenvalue weighted by Crippen LogP contribution is 2.24. The van der Waals surface area contributed by atoms with E-state index >= 15 is 0 Å². The summed E-state index contributed by atoms with van der Waals surface area (Å²) in [7, 11) is -2.21. The molecule has 0 aliphatic carbocycles. The molecule has 30 heavy (non-hydrogen) atoms. The van der Waals surface area contributed by atoms with E-state index in [0.717, 1.165) is 5.56 Å². The summed E-state index contributed by atoms with van der Waals surface area (Å²) in [6, 6.07) is 13.8. The first-order chi connectivity index (χ1) is 14.4. The topological polar surface area (TPSA) is 91.2 Å². The second-order valence-corrected chi connectivity index (χ2v) is 8.91. The average molecular weight is 442 g/mol. The van der Waals surface area contributed by atoms with Crippen LogP contribution in [0.1, 0.15) is 5.56 Å². The van der Waals surface area contributed by atoms with Crippen molar-refractivity contribution >= 4 is 32.2 Å². The van der Waals surface area contributed by atoms with Crippen LogP contribution < -0.4 is 10.3 Å². The number of hydrogen-bond donors (Lipinski definition) is 0. The second-order valence-electron chi connectivity index (χ2n) is 6.52. The Morgan fingerprint density at radius 1 is 1.00 bits per heavy atom. The van der Waals surface area contributed by atoms with E-state index in [1.165, 1.54) is 60.5 Å². The summed E-state index contributed by atoms with van der Waals surface area (Å²) in [5.41, 5.74) is 0.463. The van der Waals surface area contributed by atoms with Gasteiger partial charge in [0.15, 0.2) is 0 Å². The molecule has 152 valence electrons. The second kappa shape index (κ2) is 7.89. The third-order valence-corrected chi connectivity index (χ3v) is 6.62. The molecule has 0 fully saturated rings. The molecule has 0 spiro atoms. The van der Waals surface area contributed by atoms with Gasteiger partial charge in [0.25, 0.3) is 5.56 Å². The number of nitrogens with zero attached hydrogens (tertiary/aromatic N) is 3. The van der Waals surface area contributed by atoms with Gasteiger partial charge in [0.05, 0.1) is 35.0 Å². The SMILES string of the molecule is COc1ccc(Cn2ncc3cc(S(=O)(=O)c4ccc(Cl)cc4)ccc3c2=O)cn1. The van der Waals surface area contributed by atoms with Crippen LogP contribution in [0.3, 0.4) is 0 Å². The molecule has 0 bridgehead atoms. The number of hydrogen-bond acceptors (Lipinski definition) is 6. The lowest BCUT2D eigenvalue weighted by Gasteiger charge is -2.09. The van der Waals surface area contributed by atoms with E-state index in [2.05, 4.69) is 10.1 Å². The van der Waals surface area contributed by atoms with Crippen LogP contribution in [0.5, 0.6) is 5.88 Å². The summed E-state index contributed by atoms with van der Waals surface area (Å²) in [5.74, 6) is 0.479. The summed E-state index contributed by atoms with van der Waals surface area (Å²) in [6.07, 6.45) is 3.09. The Hall–Kier alpha value is -3.23. The van der Waals surface area contributed by atoms with E-state index in [0.29, 0.717) is 21.7 Å². The van der Waals surface area contributed by atoms with Crippen LogP contribution in [-0.2, 0) is 16.4 Å². The molecular weight excluding hydrogens is 426 g/mol. The van der Waals surface area contributed by atoms with E-state index in [4.69, 9.17) is 16.3 Å². The first-order valence-corrected chi connectivity index (χ1v) is 10.7. The van der Waals surface area contributed by atoms with Gasteiger partial charge in [-0.15, -0.1) is 0 Å². The van der Waals surface area contributed by atoms with Gasteiger partial charge >= 0.3 is 0 Å². The van der Waals surface area contributed by atoms with Crippen molar-refractivity contribution in [3.63, 3.8) is 0 Å². The zero-order valence-electron chi connectivity index (χ0n) is 15.8. The molecule has 2 aromatic carbocycles. The van der Waals surface area contributed by atoms with Crippen LogP contribution in [0.15, 0.2) is 81.6 Å². The standard InChI is InChI=1S/C21H16ClN3O4S/c1-29-20-9-2-14(11-23-20)13-25-21(26)19-8-7-18(10-15(19)12-24-25)30(27,28)17-5-3-16(22)4-6-17/h2-12H,13H2,1H3. The number of rotatable bonds is 5. The fourth-order valence-electron chi connectivity index (χ4n) is 2.99. The molecule has 2 heterocycles. The number of fused-ring (bicyclic) bond motifs is 1. The van der Waals surface area contributed by atoms with Crippen LogP contribution >= 0.6 is 11.6 Å². The van der Waals surface area contributed by atoms with Crippen molar-refractivity contribution in [3.05, 3.63) is 87.9 Å². The molecule has 0 radical (unpaired) electrons. The predicted molar refractivity (Wildman–Crippen MR) is 113 cm³/mol. The van der Waals surface area contributed by atoms with Crippen molar-refractivity contribution in [2.75, 3.05) is 7.11 Å². The molecule has 9 heteroatoms.